The Bertz CT molecular complexity index is 147. The van der Waals surface area contributed by atoms with Crippen LogP contribution < -0.4 is 5.73 Å². The molecule has 0 aromatic carbocycles. The van der Waals surface area contributed by atoms with E-state index in [1.54, 1.807) is 0 Å². The van der Waals surface area contributed by atoms with Crippen LogP contribution in [0.5, 0.6) is 0 Å². The molecule has 72 valence electrons. The summed E-state index contributed by atoms with van der Waals surface area (Å²) in [7, 11) is 2.12. The Morgan fingerprint density at radius 1 is 1.58 bits per heavy atom. The van der Waals surface area contributed by atoms with Crippen LogP contribution in [0.4, 0.5) is 0 Å². The first kappa shape index (κ1) is 9.96. The molecular formula is C9H20N2O. The van der Waals surface area contributed by atoms with E-state index >= 15 is 0 Å². The highest BCUT2D eigenvalue weighted by Crippen LogP contribution is 2.30. The molecule has 1 aliphatic heterocycles. The van der Waals surface area contributed by atoms with E-state index in [1.807, 2.05) is 0 Å². The predicted octanol–water partition coefficient (Wildman–Crippen LogP) is 0.302. The molecule has 0 aromatic rings. The Kier molecular flexibility index (Phi) is 3.09. The molecule has 0 aliphatic carbocycles. The van der Waals surface area contributed by atoms with Gasteiger partial charge in [-0.05, 0) is 7.05 Å². The first-order valence-corrected chi connectivity index (χ1v) is 4.56. The van der Waals surface area contributed by atoms with Crippen molar-refractivity contribution in [3.8, 4) is 0 Å². The fourth-order valence-electron chi connectivity index (χ4n) is 1.84. The molecule has 1 rings (SSSR count). The fourth-order valence-corrected chi connectivity index (χ4v) is 1.84. The zero-order valence-corrected chi connectivity index (χ0v) is 8.34. The van der Waals surface area contributed by atoms with Gasteiger partial charge in [0.25, 0.3) is 0 Å². The van der Waals surface area contributed by atoms with Gasteiger partial charge in [-0.25, -0.2) is 0 Å². The Morgan fingerprint density at radius 2 is 2.25 bits per heavy atom. The number of hydrogen-bond donors (Lipinski definition) is 1. The van der Waals surface area contributed by atoms with E-state index in [0.29, 0.717) is 6.04 Å². The summed E-state index contributed by atoms with van der Waals surface area (Å²) in [6, 6.07) is 0.529. The summed E-state index contributed by atoms with van der Waals surface area (Å²) >= 11 is 0. The second kappa shape index (κ2) is 3.73. The van der Waals surface area contributed by atoms with Crippen molar-refractivity contribution in [3.05, 3.63) is 0 Å². The number of rotatable bonds is 3. The van der Waals surface area contributed by atoms with Crippen LogP contribution >= 0.6 is 0 Å². The molecule has 1 unspecified atom stereocenters. The average molecular weight is 172 g/mol. The Morgan fingerprint density at radius 3 is 2.67 bits per heavy atom. The summed E-state index contributed by atoms with van der Waals surface area (Å²) in [5, 5.41) is 0. The van der Waals surface area contributed by atoms with Crippen molar-refractivity contribution < 1.29 is 4.74 Å². The van der Waals surface area contributed by atoms with Gasteiger partial charge in [0.1, 0.15) is 0 Å². The lowest BCUT2D eigenvalue weighted by Crippen LogP contribution is -2.44. The van der Waals surface area contributed by atoms with Crippen LogP contribution in [0.2, 0.25) is 0 Å². The van der Waals surface area contributed by atoms with Crippen LogP contribution in [0.15, 0.2) is 0 Å². The van der Waals surface area contributed by atoms with Gasteiger partial charge in [0.2, 0.25) is 0 Å². The highest BCUT2D eigenvalue weighted by atomic mass is 16.5. The van der Waals surface area contributed by atoms with Crippen LogP contribution in [0, 0.1) is 5.41 Å². The molecule has 1 saturated heterocycles. The zero-order valence-electron chi connectivity index (χ0n) is 8.34. The molecule has 0 bridgehead atoms. The Balaban J connectivity index is 2.50. The van der Waals surface area contributed by atoms with Gasteiger partial charge >= 0.3 is 0 Å². The maximum atomic E-state index is 5.50. The van der Waals surface area contributed by atoms with Crippen LogP contribution in [0.25, 0.3) is 0 Å². The number of nitrogens with zero attached hydrogens (tertiary/aromatic N) is 1. The first-order chi connectivity index (χ1) is 5.58. The minimum atomic E-state index is 0.282. The molecule has 1 fully saturated rings. The van der Waals surface area contributed by atoms with Crippen molar-refractivity contribution in [2.24, 2.45) is 11.1 Å². The molecular weight excluding hydrogens is 152 g/mol. The summed E-state index contributed by atoms with van der Waals surface area (Å²) in [5.41, 5.74) is 5.78. The SMILES string of the molecule is CN(CCN)C1COCC1(C)C. The lowest BCUT2D eigenvalue weighted by molar-refractivity contribution is 0.158. The van der Waals surface area contributed by atoms with Crippen molar-refractivity contribution in [3.63, 3.8) is 0 Å². The average Bonchev–Trinajstić information content (AvgIpc) is 2.30. The van der Waals surface area contributed by atoms with E-state index in [-0.39, 0.29) is 5.41 Å². The molecule has 0 saturated carbocycles. The molecule has 1 atom stereocenters. The van der Waals surface area contributed by atoms with Crippen LogP contribution in [0.3, 0.4) is 0 Å². The fraction of sp³-hybridized carbons (Fsp3) is 1.00. The van der Waals surface area contributed by atoms with Crippen molar-refractivity contribution >= 4 is 0 Å². The Hall–Kier alpha value is -0.120. The zero-order chi connectivity index (χ0) is 9.19. The lowest BCUT2D eigenvalue weighted by Gasteiger charge is -2.32. The monoisotopic (exact) mass is 172 g/mol. The third kappa shape index (κ3) is 1.97. The van der Waals surface area contributed by atoms with E-state index in [4.69, 9.17) is 10.5 Å². The van der Waals surface area contributed by atoms with Gasteiger partial charge in [-0.2, -0.15) is 0 Å². The van der Waals surface area contributed by atoms with Gasteiger partial charge in [-0.1, -0.05) is 13.8 Å². The van der Waals surface area contributed by atoms with Crippen molar-refractivity contribution in [2.45, 2.75) is 19.9 Å². The largest absolute Gasteiger partial charge is 0.379 e. The molecule has 12 heavy (non-hydrogen) atoms. The number of likely N-dealkylation sites (N-methyl/N-ethyl adjacent to an activating group) is 1. The second-order valence-electron chi connectivity index (χ2n) is 4.29. The van der Waals surface area contributed by atoms with E-state index in [2.05, 4.69) is 25.8 Å². The number of hydrogen-bond acceptors (Lipinski definition) is 3. The van der Waals surface area contributed by atoms with E-state index in [1.165, 1.54) is 0 Å². The van der Waals surface area contributed by atoms with Gasteiger partial charge in [-0.15, -0.1) is 0 Å². The molecule has 3 heteroatoms. The van der Waals surface area contributed by atoms with Crippen LogP contribution in [0.1, 0.15) is 13.8 Å². The summed E-state index contributed by atoms with van der Waals surface area (Å²) in [6.45, 7) is 7.89. The van der Waals surface area contributed by atoms with E-state index < -0.39 is 0 Å². The molecule has 1 aliphatic rings. The van der Waals surface area contributed by atoms with E-state index in [0.717, 1.165) is 26.3 Å². The standard InChI is InChI=1S/C9H20N2O/c1-9(2)7-12-6-8(9)11(3)5-4-10/h8H,4-7,10H2,1-3H3. The summed E-state index contributed by atoms with van der Waals surface area (Å²) in [5.74, 6) is 0. The summed E-state index contributed by atoms with van der Waals surface area (Å²) < 4.78 is 5.46. The molecule has 0 amide bonds. The van der Waals surface area contributed by atoms with Gasteiger partial charge in [0.05, 0.1) is 13.2 Å². The van der Waals surface area contributed by atoms with Gasteiger partial charge in [0, 0.05) is 24.5 Å². The first-order valence-electron chi connectivity index (χ1n) is 4.56. The van der Waals surface area contributed by atoms with Gasteiger partial charge in [0.15, 0.2) is 0 Å². The molecule has 2 N–H and O–H groups in total. The minimum Gasteiger partial charge on any atom is -0.379 e. The van der Waals surface area contributed by atoms with Crippen LogP contribution in [-0.2, 0) is 4.74 Å². The van der Waals surface area contributed by atoms with Gasteiger partial charge < -0.3 is 10.5 Å². The van der Waals surface area contributed by atoms with Crippen molar-refractivity contribution in [1.82, 2.24) is 4.90 Å². The highest BCUT2D eigenvalue weighted by Gasteiger charge is 2.37. The summed E-state index contributed by atoms with van der Waals surface area (Å²) in [6.07, 6.45) is 0. The normalized spacial score (nSPS) is 28.2. The second-order valence-corrected chi connectivity index (χ2v) is 4.29. The topological polar surface area (TPSA) is 38.5 Å². The van der Waals surface area contributed by atoms with Crippen LogP contribution in [-0.4, -0.2) is 44.3 Å². The van der Waals surface area contributed by atoms with Gasteiger partial charge in [-0.3, -0.25) is 4.90 Å². The molecule has 0 radical (unpaired) electrons. The van der Waals surface area contributed by atoms with Crippen molar-refractivity contribution in [2.75, 3.05) is 33.4 Å². The third-order valence-electron chi connectivity index (χ3n) is 2.67. The number of ether oxygens (including phenoxy) is 1. The molecule has 0 spiro atoms. The number of nitrogens with two attached hydrogens (primary N) is 1. The van der Waals surface area contributed by atoms with Crippen molar-refractivity contribution in [1.29, 1.82) is 0 Å². The lowest BCUT2D eigenvalue weighted by atomic mass is 9.87. The Labute approximate surface area is 74.9 Å². The molecule has 0 aromatic heterocycles. The molecule has 1 heterocycles. The third-order valence-corrected chi connectivity index (χ3v) is 2.67. The smallest absolute Gasteiger partial charge is 0.0628 e. The maximum absolute atomic E-state index is 5.50. The quantitative estimate of drug-likeness (QED) is 0.665. The maximum Gasteiger partial charge on any atom is 0.0628 e. The van der Waals surface area contributed by atoms with E-state index in [9.17, 15) is 0 Å². The minimum absolute atomic E-state index is 0.282. The predicted molar refractivity (Wildman–Crippen MR) is 50.1 cm³/mol. The highest BCUT2D eigenvalue weighted by molar-refractivity contribution is 4.89. The summed E-state index contributed by atoms with van der Waals surface area (Å²) in [4.78, 5) is 2.30. The molecule has 3 nitrogen and oxygen atoms in total.